The van der Waals surface area contributed by atoms with Gasteiger partial charge in [0.05, 0.1) is 25.4 Å². The Bertz CT molecular complexity index is 340. The fourth-order valence-electron chi connectivity index (χ4n) is 2.80. The van der Waals surface area contributed by atoms with Crippen LogP contribution in [-0.2, 0) is 14.2 Å². The van der Waals surface area contributed by atoms with Crippen molar-refractivity contribution in [2.75, 3.05) is 66.3 Å². The zero-order valence-corrected chi connectivity index (χ0v) is 13.7. The Balaban J connectivity index is 1.62. The molecule has 0 aromatic carbocycles. The van der Waals surface area contributed by atoms with Crippen LogP contribution < -0.4 is 11.1 Å². The maximum atomic E-state index is 5.94. The Hall–Kier alpha value is -0.890. The van der Waals surface area contributed by atoms with Gasteiger partial charge >= 0.3 is 0 Å². The summed E-state index contributed by atoms with van der Waals surface area (Å²) in [5.74, 6) is 0.505. The number of rotatable bonds is 7. The van der Waals surface area contributed by atoms with Crippen molar-refractivity contribution in [1.29, 1.82) is 0 Å². The molecule has 0 bridgehead atoms. The standard InChI is InChI=1S/C15H30N4O3/c1-20-15(3-9-21-10-4-15)13-18-14(16)17-5-2-6-19-7-11-22-12-8-19/h2-13H2,1H3,(H3,16,17,18). The number of hydrogen-bond donors (Lipinski definition) is 2. The highest BCUT2D eigenvalue weighted by Gasteiger charge is 2.32. The van der Waals surface area contributed by atoms with Gasteiger partial charge < -0.3 is 25.3 Å². The van der Waals surface area contributed by atoms with E-state index in [1.807, 2.05) is 0 Å². The van der Waals surface area contributed by atoms with E-state index in [1.165, 1.54) is 0 Å². The van der Waals surface area contributed by atoms with Gasteiger partial charge in [-0.1, -0.05) is 0 Å². The first-order valence-electron chi connectivity index (χ1n) is 8.21. The first-order valence-corrected chi connectivity index (χ1v) is 8.21. The average molecular weight is 314 g/mol. The van der Waals surface area contributed by atoms with E-state index in [0.717, 1.165) is 71.9 Å². The molecule has 0 amide bonds. The molecule has 128 valence electrons. The lowest BCUT2D eigenvalue weighted by Gasteiger charge is -2.34. The van der Waals surface area contributed by atoms with Crippen molar-refractivity contribution in [1.82, 2.24) is 10.2 Å². The van der Waals surface area contributed by atoms with Crippen LogP contribution in [0.5, 0.6) is 0 Å². The van der Waals surface area contributed by atoms with Gasteiger partial charge in [0.1, 0.15) is 0 Å². The predicted octanol–water partition coefficient (Wildman–Crippen LogP) is -0.191. The second kappa shape index (κ2) is 9.29. The second-order valence-corrected chi connectivity index (χ2v) is 5.94. The SMILES string of the molecule is COC1(CN=C(N)NCCCN2CCOCC2)CCOCC1. The largest absolute Gasteiger partial charge is 0.381 e. The highest BCUT2D eigenvalue weighted by atomic mass is 16.5. The van der Waals surface area contributed by atoms with E-state index < -0.39 is 0 Å². The molecule has 3 N–H and O–H groups in total. The molecule has 0 aliphatic carbocycles. The second-order valence-electron chi connectivity index (χ2n) is 5.94. The van der Waals surface area contributed by atoms with Crippen molar-refractivity contribution in [3.63, 3.8) is 0 Å². The van der Waals surface area contributed by atoms with Crippen LogP contribution in [0.2, 0.25) is 0 Å². The van der Waals surface area contributed by atoms with E-state index >= 15 is 0 Å². The molecule has 7 heteroatoms. The summed E-state index contributed by atoms with van der Waals surface area (Å²) in [5.41, 5.74) is 5.73. The lowest BCUT2D eigenvalue weighted by molar-refractivity contribution is -0.0828. The normalized spacial score (nSPS) is 23.4. The van der Waals surface area contributed by atoms with Gasteiger partial charge in [0.15, 0.2) is 5.96 Å². The summed E-state index contributed by atoms with van der Waals surface area (Å²) >= 11 is 0. The Morgan fingerprint density at radius 1 is 1.23 bits per heavy atom. The van der Waals surface area contributed by atoms with Crippen molar-refractivity contribution in [3.8, 4) is 0 Å². The Morgan fingerprint density at radius 3 is 2.59 bits per heavy atom. The van der Waals surface area contributed by atoms with Crippen LogP contribution in [-0.4, -0.2) is 82.7 Å². The predicted molar refractivity (Wildman–Crippen MR) is 86.2 cm³/mol. The lowest BCUT2D eigenvalue weighted by atomic mass is 9.94. The molecule has 2 aliphatic heterocycles. The van der Waals surface area contributed by atoms with Gasteiger partial charge in [-0.2, -0.15) is 0 Å². The molecule has 2 aliphatic rings. The number of methoxy groups -OCH3 is 1. The Morgan fingerprint density at radius 2 is 1.91 bits per heavy atom. The smallest absolute Gasteiger partial charge is 0.188 e. The molecule has 2 rings (SSSR count). The summed E-state index contributed by atoms with van der Waals surface area (Å²) in [6.07, 6.45) is 2.80. The molecule has 0 atom stereocenters. The molecule has 22 heavy (non-hydrogen) atoms. The van der Waals surface area contributed by atoms with E-state index in [-0.39, 0.29) is 5.60 Å². The molecule has 2 fully saturated rings. The molecule has 0 saturated carbocycles. The van der Waals surface area contributed by atoms with E-state index in [4.69, 9.17) is 19.9 Å². The summed E-state index contributed by atoms with van der Waals surface area (Å²) in [5, 5.41) is 3.19. The van der Waals surface area contributed by atoms with E-state index in [0.29, 0.717) is 12.5 Å². The molecule has 0 unspecified atom stereocenters. The molecule has 0 spiro atoms. The van der Waals surface area contributed by atoms with Gasteiger partial charge in [-0.05, 0) is 13.0 Å². The fraction of sp³-hybridized carbons (Fsp3) is 0.933. The van der Waals surface area contributed by atoms with Gasteiger partial charge in [-0.25, -0.2) is 0 Å². The minimum atomic E-state index is -0.210. The van der Waals surface area contributed by atoms with Crippen LogP contribution in [0.3, 0.4) is 0 Å². The topological polar surface area (TPSA) is 81.3 Å². The van der Waals surface area contributed by atoms with Gasteiger partial charge in [0.25, 0.3) is 0 Å². The summed E-state index contributed by atoms with van der Waals surface area (Å²) in [6.45, 7) is 7.73. The number of morpholine rings is 1. The number of ether oxygens (including phenoxy) is 3. The average Bonchev–Trinajstić information content (AvgIpc) is 2.59. The molecular weight excluding hydrogens is 284 g/mol. The van der Waals surface area contributed by atoms with E-state index in [1.54, 1.807) is 7.11 Å². The van der Waals surface area contributed by atoms with Crippen LogP contribution in [0.15, 0.2) is 4.99 Å². The monoisotopic (exact) mass is 314 g/mol. The summed E-state index contributed by atoms with van der Waals surface area (Å²) in [4.78, 5) is 6.86. The van der Waals surface area contributed by atoms with Crippen LogP contribution in [0.25, 0.3) is 0 Å². The Labute approximate surface area is 133 Å². The van der Waals surface area contributed by atoms with Gasteiger partial charge in [0, 0.05) is 52.8 Å². The Kier molecular flexibility index (Phi) is 7.38. The molecule has 7 nitrogen and oxygen atoms in total. The first kappa shape index (κ1) is 17.5. The zero-order valence-electron chi connectivity index (χ0n) is 13.7. The molecule has 2 saturated heterocycles. The van der Waals surface area contributed by atoms with Crippen LogP contribution in [0.1, 0.15) is 19.3 Å². The maximum Gasteiger partial charge on any atom is 0.188 e. The van der Waals surface area contributed by atoms with Crippen molar-refractivity contribution >= 4 is 5.96 Å². The summed E-state index contributed by atoms with van der Waals surface area (Å²) in [6, 6.07) is 0. The van der Waals surface area contributed by atoms with E-state index in [2.05, 4.69) is 15.2 Å². The summed E-state index contributed by atoms with van der Waals surface area (Å²) < 4.78 is 16.4. The van der Waals surface area contributed by atoms with Crippen LogP contribution in [0.4, 0.5) is 0 Å². The minimum absolute atomic E-state index is 0.210. The fourth-order valence-corrected chi connectivity index (χ4v) is 2.80. The first-order chi connectivity index (χ1) is 10.7. The molecule has 0 radical (unpaired) electrons. The third-order valence-electron chi connectivity index (χ3n) is 4.44. The molecule has 0 aromatic heterocycles. The van der Waals surface area contributed by atoms with Gasteiger partial charge in [-0.15, -0.1) is 0 Å². The quantitative estimate of drug-likeness (QED) is 0.385. The summed E-state index contributed by atoms with van der Waals surface area (Å²) in [7, 11) is 1.74. The van der Waals surface area contributed by atoms with Crippen LogP contribution in [0, 0.1) is 0 Å². The third-order valence-corrected chi connectivity index (χ3v) is 4.44. The van der Waals surface area contributed by atoms with Crippen molar-refractivity contribution < 1.29 is 14.2 Å². The lowest BCUT2D eigenvalue weighted by Crippen LogP contribution is -2.43. The number of hydrogen-bond acceptors (Lipinski definition) is 5. The number of guanidine groups is 1. The van der Waals surface area contributed by atoms with Crippen molar-refractivity contribution in [2.45, 2.75) is 24.9 Å². The highest BCUT2D eigenvalue weighted by molar-refractivity contribution is 5.77. The molecular formula is C15H30N4O3. The van der Waals surface area contributed by atoms with Gasteiger partial charge in [-0.3, -0.25) is 9.89 Å². The number of aliphatic imine (C=N–C) groups is 1. The van der Waals surface area contributed by atoms with Crippen molar-refractivity contribution in [3.05, 3.63) is 0 Å². The zero-order chi connectivity index (χ0) is 15.7. The van der Waals surface area contributed by atoms with Gasteiger partial charge in [0.2, 0.25) is 0 Å². The number of nitrogens with two attached hydrogens (primary N) is 1. The molecule has 2 heterocycles. The minimum Gasteiger partial charge on any atom is -0.381 e. The van der Waals surface area contributed by atoms with Crippen LogP contribution >= 0.6 is 0 Å². The number of nitrogens with one attached hydrogen (secondary N) is 1. The number of nitrogens with zero attached hydrogens (tertiary/aromatic N) is 2. The van der Waals surface area contributed by atoms with Crippen molar-refractivity contribution in [2.24, 2.45) is 10.7 Å². The highest BCUT2D eigenvalue weighted by Crippen LogP contribution is 2.24. The molecule has 0 aromatic rings. The van der Waals surface area contributed by atoms with E-state index in [9.17, 15) is 0 Å². The third kappa shape index (κ3) is 5.72. The maximum absolute atomic E-state index is 5.94.